The highest BCUT2D eigenvalue weighted by Crippen LogP contribution is 2.21. The summed E-state index contributed by atoms with van der Waals surface area (Å²) in [4.78, 5) is 12.2. The average Bonchev–Trinajstić information content (AvgIpc) is 2.99. The maximum Gasteiger partial charge on any atom is 0.263 e. The largest absolute Gasteiger partial charge is 0.360 e. The summed E-state index contributed by atoms with van der Waals surface area (Å²) in [5.74, 6) is -0.575. The van der Waals surface area contributed by atoms with E-state index in [9.17, 15) is 17.6 Å². The number of carbonyl (C=O) groups excluding carboxylic acids is 1. The van der Waals surface area contributed by atoms with E-state index >= 15 is 0 Å². The van der Waals surface area contributed by atoms with Gasteiger partial charge in [-0.2, -0.15) is 0 Å². The minimum Gasteiger partial charge on any atom is -0.360 e. The molecule has 0 unspecified atom stereocenters. The second-order valence-electron chi connectivity index (χ2n) is 5.53. The predicted molar refractivity (Wildman–Crippen MR) is 97.9 cm³/mol. The van der Waals surface area contributed by atoms with Gasteiger partial charge in [-0.3, -0.25) is 9.52 Å². The molecule has 0 aliphatic rings. The molecule has 7 nitrogen and oxygen atoms in total. The summed E-state index contributed by atoms with van der Waals surface area (Å²) in [5, 5.41) is 6.10. The third kappa shape index (κ3) is 4.44. The quantitative estimate of drug-likeness (QED) is 0.666. The van der Waals surface area contributed by atoms with Crippen molar-refractivity contribution >= 4 is 39.0 Å². The Hall–Kier alpha value is -2.91. The fraction of sp³-hybridized carbons (Fsp3) is 0.0588. The molecule has 1 heterocycles. The molecule has 140 valence electrons. The molecule has 0 fully saturated rings. The molecule has 1 aromatic heterocycles. The number of aryl methyl sites for hydroxylation is 1. The van der Waals surface area contributed by atoms with Crippen LogP contribution in [0.4, 0.5) is 15.9 Å². The first kappa shape index (κ1) is 18.9. The van der Waals surface area contributed by atoms with Crippen molar-refractivity contribution in [1.82, 2.24) is 5.16 Å². The van der Waals surface area contributed by atoms with Gasteiger partial charge in [0.25, 0.3) is 15.9 Å². The molecule has 3 rings (SSSR count). The third-order valence-electron chi connectivity index (χ3n) is 3.47. The van der Waals surface area contributed by atoms with E-state index in [0.717, 1.165) is 12.1 Å². The van der Waals surface area contributed by atoms with Crippen LogP contribution in [0.1, 0.15) is 16.1 Å². The summed E-state index contributed by atoms with van der Waals surface area (Å²) in [5.41, 5.74) is 0.439. The summed E-state index contributed by atoms with van der Waals surface area (Å²) in [6.07, 6.45) is 0. The Morgan fingerprint density at radius 3 is 2.44 bits per heavy atom. The Morgan fingerprint density at radius 2 is 1.85 bits per heavy atom. The van der Waals surface area contributed by atoms with Gasteiger partial charge in [0.1, 0.15) is 11.6 Å². The highest BCUT2D eigenvalue weighted by molar-refractivity contribution is 7.92. The Bertz CT molecular complexity index is 1100. The second-order valence-corrected chi connectivity index (χ2v) is 7.62. The Morgan fingerprint density at radius 1 is 1.15 bits per heavy atom. The number of benzene rings is 2. The van der Waals surface area contributed by atoms with Crippen molar-refractivity contribution in [3.63, 3.8) is 0 Å². The van der Waals surface area contributed by atoms with Crippen LogP contribution in [-0.4, -0.2) is 19.5 Å². The van der Waals surface area contributed by atoms with Crippen molar-refractivity contribution in [3.05, 3.63) is 70.7 Å². The molecule has 3 aromatic rings. The fourth-order valence-electron chi connectivity index (χ4n) is 2.20. The molecule has 2 aromatic carbocycles. The van der Waals surface area contributed by atoms with Gasteiger partial charge >= 0.3 is 0 Å². The summed E-state index contributed by atoms with van der Waals surface area (Å²) in [6, 6.07) is 10.3. The second kappa shape index (κ2) is 7.37. The zero-order valence-corrected chi connectivity index (χ0v) is 15.4. The van der Waals surface area contributed by atoms with Gasteiger partial charge in [-0.25, -0.2) is 12.8 Å². The predicted octanol–water partition coefficient (Wildman–Crippen LogP) is 3.83. The molecule has 10 heteroatoms. The molecule has 0 aliphatic heterocycles. The van der Waals surface area contributed by atoms with Crippen molar-refractivity contribution in [2.45, 2.75) is 11.8 Å². The zero-order valence-electron chi connectivity index (χ0n) is 13.9. The maximum absolute atomic E-state index is 13.1. The highest BCUT2D eigenvalue weighted by Gasteiger charge is 2.17. The lowest BCUT2D eigenvalue weighted by Crippen LogP contribution is -2.14. The van der Waals surface area contributed by atoms with Crippen molar-refractivity contribution < 1.29 is 22.1 Å². The number of nitrogens with zero attached hydrogens (tertiary/aromatic N) is 1. The van der Waals surface area contributed by atoms with Gasteiger partial charge in [0, 0.05) is 11.8 Å². The molecule has 27 heavy (non-hydrogen) atoms. The van der Waals surface area contributed by atoms with Crippen LogP contribution >= 0.6 is 11.6 Å². The average molecular weight is 410 g/mol. The standard InChI is InChI=1S/C17H13ClFN3O4S/c1-10-8-16(21-26-10)22-27(24,25)13-5-3-12(4-6-13)20-17(23)14-7-2-11(19)9-15(14)18/h2-9H,1H3,(H,20,23)(H,21,22). The Labute approximate surface area is 159 Å². The minimum absolute atomic E-state index is 0.0269. The summed E-state index contributed by atoms with van der Waals surface area (Å²) >= 11 is 5.85. The number of anilines is 2. The number of aromatic nitrogens is 1. The topological polar surface area (TPSA) is 101 Å². The monoisotopic (exact) mass is 409 g/mol. The molecule has 0 spiro atoms. The number of hydrogen-bond acceptors (Lipinski definition) is 5. The van der Waals surface area contributed by atoms with Gasteiger partial charge in [0.2, 0.25) is 0 Å². The van der Waals surface area contributed by atoms with Crippen LogP contribution in [0, 0.1) is 12.7 Å². The van der Waals surface area contributed by atoms with Crippen LogP contribution in [0.3, 0.4) is 0 Å². The van der Waals surface area contributed by atoms with E-state index in [1.165, 1.54) is 36.4 Å². The number of hydrogen-bond donors (Lipinski definition) is 2. The number of halogens is 2. The lowest BCUT2D eigenvalue weighted by Gasteiger charge is -2.09. The Balaban J connectivity index is 1.74. The fourth-order valence-corrected chi connectivity index (χ4v) is 3.44. The van der Waals surface area contributed by atoms with Crippen LogP contribution in [0.2, 0.25) is 5.02 Å². The van der Waals surface area contributed by atoms with Crippen molar-refractivity contribution in [3.8, 4) is 0 Å². The highest BCUT2D eigenvalue weighted by atomic mass is 35.5. The molecule has 0 atom stereocenters. The summed E-state index contributed by atoms with van der Waals surface area (Å²) in [6.45, 7) is 1.63. The SMILES string of the molecule is Cc1cc(NS(=O)(=O)c2ccc(NC(=O)c3ccc(F)cc3Cl)cc2)no1. The van der Waals surface area contributed by atoms with E-state index in [4.69, 9.17) is 16.1 Å². The van der Waals surface area contributed by atoms with Crippen molar-refractivity contribution in [1.29, 1.82) is 0 Å². The van der Waals surface area contributed by atoms with Gasteiger partial charge in [0.05, 0.1) is 15.5 Å². The molecular weight excluding hydrogens is 397 g/mol. The van der Waals surface area contributed by atoms with E-state index < -0.39 is 21.7 Å². The van der Waals surface area contributed by atoms with Crippen molar-refractivity contribution in [2.75, 3.05) is 10.0 Å². The number of sulfonamides is 1. The van der Waals surface area contributed by atoms with Crippen LogP contribution < -0.4 is 10.0 Å². The van der Waals surface area contributed by atoms with Crippen LogP contribution in [0.25, 0.3) is 0 Å². The lowest BCUT2D eigenvalue weighted by molar-refractivity contribution is 0.102. The number of amides is 1. The molecule has 2 N–H and O–H groups in total. The smallest absolute Gasteiger partial charge is 0.263 e. The van der Waals surface area contributed by atoms with Gasteiger partial charge in [-0.1, -0.05) is 16.8 Å². The molecule has 0 saturated carbocycles. The van der Waals surface area contributed by atoms with Crippen molar-refractivity contribution in [2.24, 2.45) is 0 Å². The summed E-state index contributed by atoms with van der Waals surface area (Å²) < 4.78 is 44.8. The first-order chi connectivity index (χ1) is 12.7. The van der Waals surface area contributed by atoms with Gasteiger partial charge < -0.3 is 9.84 Å². The number of rotatable bonds is 5. The molecule has 0 bridgehead atoms. The van der Waals surface area contributed by atoms with E-state index in [1.807, 2.05) is 0 Å². The van der Waals surface area contributed by atoms with E-state index in [0.29, 0.717) is 11.4 Å². The molecule has 1 amide bonds. The minimum atomic E-state index is -3.86. The van der Waals surface area contributed by atoms with Gasteiger partial charge in [0.15, 0.2) is 5.82 Å². The van der Waals surface area contributed by atoms with E-state index in [2.05, 4.69) is 15.2 Å². The van der Waals surface area contributed by atoms with Gasteiger partial charge in [-0.15, -0.1) is 0 Å². The lowest BCUT2D eigenvalue weighted by atomic mass is 10.2. The number of nitrogens with one attached hydrogen (secondary N) is 2. The van der Waals surface area contributed by atoms with E-state index in [1.54, 1.807) is 6.92 Å². The van der Waals surface area contributed by atoms with Gasteiger partial charge in [-0.05, 0) is 49.4 Å². The molecular formula is C17H13ClFN3O4S. The third-order valence-corrected chi connectivity index (χ3v) is 5.15. The van der Waals surface area contributed by atoms with Crippen LogP contribution in [0.5, 0.6) is 0 Å². The normalized spacial score (nSPS) is 11.2. The van der Waals surface area contributed by atoms with Crippen LogP contribution in [-0.2, 0) is 10.0 Å². The van der Waals surface area contributed by atoms with Crippen LogP contribution in [0.15, 0.2) is 57.9 Å². The number of carbonyl (C=O) groups is 1. The first-order valence-electron chi connectivity index (χ1n) is 7.57. The molecule has 0 radical (unpaired) electrons. The Kier molecular flexibility index (Phi) is 5.15. The zero-order chi connectivity index (χ0) is 19.6. The first-order valence-corrected chi connectivity index (χ1v) is 9.43. The van der Waals surface area contributed by atoms with E-state index in [-0.39, 0.29) is 21.3 Å². The molecule has 0 saturated heterocycles. The maximum atomic E-state index is 13.1. The molecule has 0 aliphatic carbocycles. The summed E-state index contributed by atoms with van der Waals surface area (Å²) in [7, 11) is -3.86.